The SMILES string of the molecule is O=C1C(Cc2ccccc2Cl)CCN1C1CCC2(CC1)OCCO2. The number of ether oxygens (including phenoxy) is 2. The summed E-state index contributed by atoms with van der Waals surface area (Å²) in [4.78, 5) is 15.0. The van der Waals surface area contributed by atoms with Crippen molar-refractivity contribution < 1.29 is 14.3 Å². The van der Waals surface area contributed by atoms with Crippen molar-refractivity contribution in [3.8, 4) is 0 Å². The molecule has 4 rings (SSSR count). The second-order valence-corrected chi connectivity index (χ2v) is 7.56. The molecule has 1 aliphatic carbocycles. The van der Waals surface area contributed by atoms with E-state index in [9.17, 15) is 4.79 Å². The third-order valence-corrected chi connectivity index (χ3v) is 6.11. The van der Waals surface area contributed by atoms with Crippen molar-refractivity contribution in [2.24, 2.45) is 5.92 Å². The van der Waals surface area contributed by atoms with E-state index < -0.39 is 0 Å². The molecule has 0 radical (unpaired) electrons. The van der Waals surface area contributed by atoms with Crippen LogP contribution in [0.3, 0.4) is 0 Å². The predicted molar refractivity (Wildman–Crippen MR) is 91.9 cm³/mol. The maximum Gasteiger partial charge on any atom is 0.226 e. The Morgan fingerprint density at radius 2 is 1.83 bits per heavy atom. The van der Waals surface area contributed by atoms with Gasteiger partial charge in [-0.25, -0.2) is 0 Å². The van der Waals surface area contributed by atoms with Gasteiger partial charge in [0.1, 0.15) is 0 Å². The molecule has 1 amide bonds. The fourth-order valence-electron chi connectivity index (χ4n) is 4.38. The molecule has 1 spiro atoms. The highest BCUT2D eigenvalue weighted by molar-refractivity contribution is 6.31. The highest BCUT2D eigenvalue weighted by Gasteiger charge is 2.44. The number of carbonyl (C=O) groups excluding carboxylic acids is 1. The number of carbonyl (C=O) groups is 1. The van der Waals surface area contributed by atoms with Crippen molar-refractivity contribution in [2.75, 3.05) is 19.8 Å². The van der Waals surface area contributed by atoms with Crippen LogP contribution in [0.25, 0.3) is 0 Å². The van der Waals surface area contributed by atoms with E-state index in [4.69, 9.17) is 21.1 Å². The maximum atomic E-state index is 12.9. The summed E-state index contributed by atoms with van der Waals surface area (Å²) in [5.74, 6) is 0.0138. The Labute approximate surface area is 148 Å². The molecule has 1 aromatic carbocycles. The van der Waals surface area contributed by atoms with E-state index in [2.05, 4.69) is 4.90 Å². The molecule has 4 nitrogen and oxygen atoms in total. The standard InChI is InChI=1S/C19H24ClNO3/c20-17-4-2-1-3-14(17)13-15-7-10-21(18(15)22)16-5-8-19(9-6-16)23-11-12-24-19/h1-4,15-16H,5-13H2. The Kier molecular flexibility index (Phi) is 4.54. The molecule has 5 heteroatoms. The van der Waals surface area contributed by atoms with Gasteiger partial charge >= 0.3 is 0 Å². The Bertz CT molecular complexity index is 604. The van der Waals surface area contributed by atoms with Gasteiger partial charge in [-0.2, -0.15) is 0 Å². The number of rotatable bonds is 3. The molecule has 2 saturated heterocycles. The third kappa shape index (κ3) is 3.07. The van der Waals surface area contributed by atoms with E-state index in [0.717, 1.165) is 55.7 Å². The summed E-state index contributed by atoms with van der Waals surface area (Å²) in [6.07, 6.45) is 5.43. The molecule has 1 aromatic rings. The number of halogens is 1. The van der Waals surface area contributed by atoms with E-state index in [0.29, 0.717) is 25.2 Å². The van der Waals surface area contributed by atoms with Crippen molar-refractivity contribution in [2.45, 2.75) is 50.4 Å². The first-order chi connectivity index (χ1) is 11.7. The Balaban J connectivity index is 1.36. The molecule has 1 saturated carbocycles. The minimum atomic E-state index is -0.351. The first-order valence-electron chi connectivity index (χ1n) is 8.99. The maximum absolute atomic E-state index is 12.9. The van der Waals surface area contributed by atoms with E-state index in [1.807, 2.05) is 24.3 Å². The van der Waals surface area contributed by atoms with Crippen molar-refractivity contribution >= 4 is 17.5 Å². The van der Waals surface area contributed by atoms with Crippen LogP contribution >= 0.6 is 11.6 Å². The Morgan fingerprint density at radius 3 is 2.54 bits per heavy atom. The molecule has 24 heavy (non-hydrogen) atoms. The first-order valence-corrected chi connectivity index (χ1v) is 9.36. The predicted octanol–water partition coefficient (Wildman–Crippen LogP) is 3.42. The quantitative estimate of drug-likeness (QED) is 0.839. The van der Waals surface area contributed by atoms with Crippen LogP contribution in [0.4, 0.5) is 0 Å². The van der Waals surface area contributed by atoms with Gasteiger partial charge in [-0.3, -0.25) is 4.79 Å². The number of amides is 1. The molecule has 1 unspecified atom stereocenters. The molecule has 0 aromatic heterocycles. The lowest BCUT2D eigenvalue weighted by Gasteiger charge is -2.39. The molecular formula is C19H24ClNO3. The number of nitrogens with zero attached hydrogens (tertiary/aromatic N) is 1. The molecular weight excluding hydrogens is 326 g/mol. The zero-order valence-corrected chi connectivity index (χ0v) is 14.6. The molecule has 0 bridgehead atoms. The largest absolute Gasteiger partial charge is 0.348 e. The molecule has 3 fully saturated rings. The van der Waals surface area contributed by atoms with E-state index >= 15 is 0 Å². The second-order valence-electron chi connectivity index (χ2n) is 7.15. The lowest BCUT2D eigenvalue weighted by Crippen LogP contribution is -2.45. The van der Waals surface area contributed by atoms with Crippen LogP contribution in [0.5, 0.6) is 0 Å². The van der Waals surface area contributed by atoms with Crippen molar-refractivity contribution in [3.05, 3.63) is 34.9 Å². The van der Waals surface area contributed by atoms with Gasteiger partial charge in [-0.05, 0) is 37.3 Å². The highest BCUT2D eigenvalue weighted by atomic mass is 35.5. The minimum Gasteiger partial charge on any atom is -0.348 e. The first kappa shape index (κ1) is 16.4. The van der Waals surface area contributed by atoms with Gasteiger partial charge in [-0.15, -0.1) is 0 Å². The van der Waals surface area contributed by atoms with Crippen LogP contribution in [-0.2, 0) is 20.7 Å². The summed E-state index contributed by atoms with van der Waals surface area (Å²) < 4.78 is 11.6. The summed E-state index contributed by atoms with van der Waals surface area (Å²) in [6, 6.07) is 8.18. The second kappa shape index (κ2) is 6.66. The zero-order valence-electron chi connectivity index (χ0n) is 13.9. The average Bonchev–Trinajstić information content (AvgIpc) is 3.19. The fourth-order valence-corrected chi connectivity index (χ4v) is 4.60. The van der Waals surface area contributed by atoms with Crippen LogP contribution in [-0.4, -0.2) is 42.4 Å². The molecule has 3 aliphatic rings. The number of hydrogen-bond acceptors (Lipinski definition) is 3. The average molecular weight is 350 g/mol. The van der Waals surface area contributed by atoms with Gasteiger partial charge in [0, 0.05) is 36.4 Å². The van der Waals surface area contributed by atoms with Crippen LogP contribution in [0, 0.1) is 5.92 Å². The Hall–Kier alpha value is -1.10. The molecule has 2 heterocycles. The van der Waals surface area contributed by atoms with Crippen molar-refractivity contribution in [3.63, 3.8) is 0 Å². The summed E-state index contributed by atoms with van der Waals surface area (Å²) in [7, 11) is 0. The highest BCUT2D eigenvalue weighted by Crippen LogP contribution is 2.39. The van der Waals surface area contributed by atoms with Gasteiger partial charge < -0.3 is 14.4 Å². The summed E-state index contributed by atoms with van der Waals surface area (Å²) >= 11 is 6.25. The number of likely N-dealkylation sites (tertiary alicyclic amines) is 1. The normalized spacial score (nSPS) is 27.3. The molecule has 0 N–H and O–H groups in total. The topological polar surface area (TPSA) is 38.8 Å². The molecule has 130 valence electrons. The third-order valence-electron chi connectivity index (χ3n) is 5.75. The zero-order chi connectivity index (χ0) is 16.6. The number of benzene rings is 1. The lowest BCUT2D eigenvalue weighted by molar-refractivity contribution is -0.184. The van der Waals surface area contributed by atoms with Crippen molar-refractivity contribution in [1.82, 2.24) is 4.90 Å². The van der Waals surface area contributed by atoms with Crippen molar-refractivity contribution in [1.29, 1.82) is 0 Å². The van der Waals surface area contributed by atoms with Gasteiger partial charge in [0.15, 0.2) is 5.79 Å². The molecule has 1 atom stereocenters. The monoisotopic (exact) mass is 349 g/mol. The van der Waals surface area contributed by atoms with Crippen LogP contribution < -0.4 is 0 Å². The van der Waals surface area contributed by atoms with Gasteiger partial charge in [-0.1, -0.05) is 29.8 Å². The van der Waals surface area contributed by atoms with Crippen LogP contribution in [0.2, 0.25) is 5.02 Å². The van der Waals surface area contributed by atoms with Crippen LogP contribution in [0.15, 0.2) is 24.3 Å². The smallest absolute Gasteiger partial charge is 0.226 e. The number of hydrogen-bond donors (Lipinski definition) is 0. The minimum absolute atomic E-state index is 0.0692. The summed E-state index contributed by atoms with van der Waals surface area (Å²) in [5.41, 5.74) is 1.08. The van der Waals surface area contributed by atoms with E-state index in [-0.39, 0.29) is 11.7 Å². The van der Waals surface area contributed by atoms with Gasteiger partial charge in [0.05, 0.1) is 13.2 Å². The Morgan fingerprint density at radius 1 is 1.12 bits per heavy atom. The van der Waals surface area contributed by atoms with Gasteiger partial charge in [0.25, 0.3) is 0 Å². The van der Waals surface area contributed by atoms with E-state index in [1.54, 1.807) is 0 Å². The van der Waals surface area contributed by atoms with Crippen LogP contribution in [0.1, 0.15) is 37.7 Å². The lowest BCUT2D eigenvalue weighted by atomic mass is 9.89. The van der Waals surface area contributed by atoms with E-state index in [1.165, 1.54) is 0 Å². The molecule has 2 aliphatic heterocycles. The summed E-state index contributed by atoms with van der Waals surface area (Å²) in [5, 5.41) is 0.763. The summed E-state index contributed by atoms with van der Waals surface area (Å²) in [6.45, 7) is 2.27. The van der Waals surface area contributed by atoms with Gasteiger partial charge in [0.2, 0.25) is 5.91 Å². The fraction of sp³-hybridized carbons (Fsp3) is 0.632.